The van der Waals surface area contributed by atoms with Gasteiger partial charge in [-0.25, -0.2) is 4.79 Å². The zero-order valence-electron chi connectivity index (χ0n) is 22.6. The second-order valence-electron chi connectivity index (χ2n) is 8.59. The molecule has 0 saturated heterocycles. The molecule has 39 heavy (non-hydrogen) atoms. The summed E-state index contributed by atoms with van der Waals surface area (Å²) in [7, 11) is 2.99. The van der Waals surface area contributed by atoms with Crippen LogP contribution in [0.1, 0.15) is 53.8 Å². The van der Waals surface area contributed by atoms with Crippen LogP contribution in [0.4, 0.5) is 11.4 Å². The molecule has 9 heteroatoms. The Balaban J connectivity index is 1.64. The topological polar surface area (TPSA) is 103 Å². The van der Waals surface area contributed by atoms with Crippen LogP contribution in [0.2, 0.25) is 0 Å². The fourth-order valence-corrected chi connectivity index (χ4v) is 4.72. The highest BCUT2D eigenvalue weighted by Crippen LogP contribution is 2.31. The summed E-state index contributed by atoms with van der Waals surface area (Å²) >= 11 is 1.40. The van der Waals surface area contributed by atoms with Crippen molar-refractivity contribution in [1.29, 1.82) is 0 Å². The van der Waals surface area contributed by atoms with Crippen molar-refractivity contribution in [2.75, 3.05) is 31.5 Å². The molecule has 0 saturated carbocycles. The van der Waals surface area contributed by atoms with E-state index in [4.69, 9.17) is 14.2 Å². The van der Waals surface area contributed by atoms with E-state index in [2.05, 4.69) is 10.6 Å². The van der Waals surface area contributed by atoms with Gasteiger partial charge in [0, 0.05) is 16.3 Å². The van der Waals surface area contributed by atoms with E-state index in [9.17, 15) is 14.4 Å². The first-order chi connectivity index (χ1) is 18.9. The van der Waals surface area contributed by atoms with Gasteiger partial charge < -0.3 is 24.8 Å². The predicted molar refractivity (Wildman–Crippen MR) is 154 cm³/mol. The first-order valence-corrected chi connectivity index (χ1v) is 13.6. The van der Waals surface area contributed by atoms with Gasteiger partial charge in [0.05, 0.1) is 31.6 Å². The van der Waals surface area contributed by atoms with Crippen molar-refractivity contribution in [1.82, 2.24) is 0 Å². The van der Waals surface area contributed by atoms with Gasteiger partial charge in [-0.2, -0.15) is 0 Å². The molecule has 0 heterocycles. The van der Waals surface area contributed by atoms with Gasteiger partial charge in [-0.1, -0.05) is 32.4 Å². The fraction of sp³-hybridized carbons (Fsp3) is 0.300. The first kappa shape index (κ1) is 29.6. The van der Waals surface area contributed by atoms with Gasteiger partial charge in [0.15, 0.2) is 0 Å². The number of hydrogen-bond donors (Lipinski definition) is 2. The van der Waals surface area contributed by atoms with Gasteiger partial charge in [-0.3, -0.25) is 9.59 Å². The number of carbonyl (C=O) groups excluding carboxylic acids is 3. The number of anilines is 2. The highest BCUT2D eigenvalue weighted by Gasteiger charge is 2.21. The quantitative estimate of drug-likeness (QED) is 0.144. The Morgan fingerprint density at radius 3 is 2.13 bits per heavy atom. The Labute approximate surface area is 233 Å². The Morgan fingerprint density at radius 1 is 0.846 bits per heavy atom. The first-order valence-electron chi connectivity index (χ1n) is 12.8. The number of ether oxygens (including phenoxy) is 3. The molecule has 3 rings (SSSR count). The molecule has 206 valence electrons. The molecular formula is C30H34N2O6S. The second-order valence-corrected chi connectivity index (χ2v) is 9.87. The lowest BCUT2D eigenvalue weighted by molar-refractivity contribution is -0.115. The summed E-state index contributed by atoms with van der Waals surface area (Å²) in [4.78, 5) is 39.0. The molecule has 0 spiro atoms. The van der Waals surface area contributed by atoms with Gasteiger partial charge in [-0.15, -0.1) is 11.8 Å². The molecule has 3 aromatic carbocycles. The minimum atomic E-state index is -0.376. The maximum atomic E-state index is 13.0. The molecule has 2 N–H and O–H groups in total. The predicted octanol–water partition coefficient (Wildman–Crippen LogP) is 6.42. The third-order valence-corrected chi connectivity index (χ3v) is 7.17. The van der Waals surface area contributed by atoms with Crippen molar-refractivity contribution < 1.29 is 28.6 Å². The number of thioether (sulfide) groups is 1. The Bertz CT molecular complexity index is 1260. The van der Waals surface area contributed by atoms with Gasteiger partial charge in [0.1, 0.15) is 17.1 Å². The number of amides is 2. The molecule has 2 amide bonds. The van der Waals surface area contributed by atoms with E-state index in [1.54, 1.807) is 48.5 Å². The molecule has 1 unspecified atom stereocenters. The van der Waals surface area contributed by atoms with E-state index in [0.29, 0.717) is 47.0 Å². The number of carbonyl (C=O) groups is 3. The van der Waals surface area contributed by atoms with E-state index in [1.807, 2.05) is 32.0 Å². The fourth-order valence-electron chi connectivity index (χ4n) is 3.71. The third kappa shape index (κ3) is 8.25. The summed E-state index contributed by atoms with van der Waals surface area (Å²) < 4.78 is 15.9. The molecule has 0 aliphatic rings. The molecular weight excluding hydrogens is 516 g/mol. The smallest absolute Gasteiger partial charge is 0.338 e. The average Bonchev–Trinajstić information content (AvgIpc) is 2.95. The minimum absolute atomic E-state index is 0.158. The molecule has 0 radical (unpaired) electrons. The maximum absolute atomic E-state index is 13.0. The summed E-state index contributed by atoms with van der Waals surface area (Å²) in [6.07, 6.45) is 2.36. The van der Waals surface area contributed by atoms with Crippen LogP contribution in [0.3, 0.4) is 0 Å². The Hall–Kier alpha value is -3.98. The number of nitrogens with one attached hydrogen (secondary N) is 2. The lowest BCUT2D eigenvalue weighted by atomic mass is 10.1. The monoisotopic (exact) mass is 550 g/mol. The zero-order valence-corrected chi connectivity index (χ0v) is 23.4. The normalized spacial score (nSPS) is 11.3. The standard InChI is InChI=1S/C30H34N2O6S/c1-5-7-18-38-30(35)20-14-16-21(17-15-20)31-28(33)26(6-2)39-23-11-8-10-22(19-23)32-29(34)27-24(36-3)12-9-13-25(27)37-4/h8-17,19,26H,5-7,18H2,1-4H3,(H,31,33)(H,32,34). The zero-order chi connectivity index (χ0) is 28.2. The number of hydrogen-bond acceptors (Lipinski definition) is 7. The highest BCUT2D eigenvalue weighted by atomic mass is 32.2. The summed E-state index contributed by atoms with van der Waals surface area (Å²) in [5.74, 6) is -0.0923. The van der Waals surface area contributed by atoms with Crippen LogP contribution in [-0.2, 0) is 9.53 Å². The van der Waals surface area contributed by atoms with E-state index in [0.717, 1.165) is 17.7 Å². The van der Waals surface area contributed by atoms with Crippen LogP contribution >= 0.6 is 11.8 Å². The maximum Gasteiger partial charge on any atom is 0.338 e. The van der Waals surface area contributed by atoms with Gasteiger partial charge >= 0.3 is 5.97 Å². The van der Waals surface area contributed by atoms with E-state index in [-0.39, 0.29) is 23.0 Å². The van der Waals surface area contributed by atoms with Crippen LogP contribution < -0.4 is 20.1 Å². The van der Waals surface area contributed by atoms with E-state index >= 15 is 0 Å². The van der Waals surface area contributed by atoms with Crippen LogP contribution in [-0.4, -0.2) is 43.9 Å². The van der Waals surface area contributed by atoms with Crippen molar-refractivity contribution in [2.45, 2.75) is 43.3 Å². The highest BCUT2D eigenvalue weighted by molar-refractivity contribution is 8.00. The van der Waals surface area contributed by atoms with Crippen LogP contribution in [0.15, 0.2) is 71.6 Å². The molecule has 8 nitrogen and oxygen atoms in total. The van der Waals surface area contributed by atoms with E-state index < -0.39 is 0 Å². The summed E-state index contributed by atoms with van der Waals surface area (Å²) in [5, 5.41) is 5.43. The van der Waals surface area contributed by atoms with Crippen molar-refractivity contribution in [3.63, 3.8) is 0 Å². The van der Waals surface area contributed by atoms with Crippen molar-refractivity contribution >= 4 is 40.9 Å². The average molecular weight is 551 g/mol. The lowest BCUT2D eigenvalue weighted by Crippen LogP contribution is -2.24. The molecule has 0 fully saturated rings. The number of esters is 1. The largest absolute Gasteiger partial charge is 0.496 e. The van der Waals surface area contributed by atoms with Gasteiger partial charge in [0.25, 0.3) is 5.91 Å². The van der Waals surface area contributed by atoms with Gasteiger partial charge in [0.2, 0.25) is 5.91 Å². The second kappa shape index (κ2) is 14.8. The summed E-state index contributed by atoms with van der Waals surface area (Å²) in [6.45, 7) is 4.36. The molecule has 0 aliphatic heterocycles. The molecule has 0 aromatic heterocycles. The van der Waals surface area contributed by atoms with E-state index in [1.165, 1.54) is 26.0 Å². The number of benzene rings is 3. The lowest BCUT2D eigenvalue weighted by Gasteiger charge is -2.16. The Kier molecular flexibility index (Phi) is 11.2. The van der Waals surface area contributed by atoms with Crippen LogP contribution in [0.25, 0.3) is 0 Å². The molecule has 1 atom stereocenters. The minimum Gasteiger partial charge on any atom is -0.496 e. The summed E-state index contributed by atoms with van der Waals surface area (Å²) in [6, 6.07) is 19.1. The number of methoxy groups -OCH3 is 2. The molecule has 0 aliphatic carbocycles. The van der Waals surface area contributed by atoms with Crippen LogP contribution in [0.5, 0.6) is 11.5 Å². The summed E-state index contributed by atoms with van der Waals surface area (Å²) in [5.41, 5.74) is 1.91. The molecule has 3 aromatic rings. The van der Waals surface area contributed by atoms with Crippen LogP contribution in [0, 0.1) is 0 Å². The van der Waals surface area contributed by atoms with Gasteiger partial charge in [-0.05, 0) is 67.4 Å². The molecule has 0 bridgehead atoms. The van der Waals surface area contributed by atoms with Crippen molar-refractivity contribution in [3.8, 4) is 11.5 Å². The van der Waals surface area contributed by atoms with Crippen molar-refractivity contribution in [2.24, 2.45) is 0 Å². The SMILES string of the molecule is CCCCOC(=O)c1ccc(NC(=O)C(CC)Sc2cccc(NC(=O)c3c(OC)cccc3OC)c2)cc1. The third-order valence-electron chi connectivity index (χ3n) is 5.81. The Morgan fingerprint density at radius 2 is 1.51 bits per heavy atom. The number of rotatable bonds is 13. The number of unbranched alkanes of at least 4 members (excludes halogenated alkanes) is 1. The van der Waals surface area contributed by atoms with Crippen molar-refractivity contribution in [3.05, 3.63) is 77.9 Å².